The van der Waals surface area contributed by atoms with Crippen molar-refractivity contribution in [2.45, 2.75) is 48.1 Å². The number of carbonyl (C=O) groups excluding carboxylic acids is 3. The molecule has 1 N–H and O–H groups in total. The Hall–Kier alpha value is -3.10. The molecular weight excluding hydrogens is 522 g/mol. The average Bonchev–Trinajstić information content (AvgIpc) is 3.22. The first-order valence-corrected chi connectivity index (χ1v) is 15.1. The van der Waals surface area contributed by atoms with Crippen LogP contribution in [-0.4, -0.2) is 81.5 Å². The molecular formula is C32H37N3O4S. The number of fused-ring (bicyclic) bond motifs is 3. The first kappa shape index (κ1) is 27.1. The summed E-state index contributed by atoms with van der Waals surface area (Å²) in [5.41, 5.74) is 0.809. The molecule has 4 aliphatic heterocycles. The van der Waals surface area contributed by atoms with Gasteiger partial charge in [-0.2, -0.15) is 0 Å². The highest BCUT2D eigenvalue weighted by atomic mass is 32.2. The molecule has 2 saturated heterocycles. The zero-order chi connectivity index (χ0) is 28.1. The molecule has 1 spiro atoms. The van der Waals surface area contributed by atoms with Crippen molar-refractivity contribution in [1.29, 1.82) is 0 Å². The number of aliphatic hydroxyl groups is 1. The number of amides is 3. The summed E-state index contributed by atoms with van der Waals surface area (Å²) in [6, 6.07) is 13.4. The van der Waals surface area contributed by atoms with Gasteiger partial charge in [-0.1, -0.05) is 67.5 Å². The van der Waals surface area contributed by atoms with E-state index in [0.29, 0.717) is 19.6 Å². The second-order valence-electron chi connectivity index (χ2n) is 11.7. The highest BCUT2D eigenvalue weighted by Gasteiger charge is 2.73. The lowest BCUT2D eigenvalue weighted by Gasteiger charge is -2.37. The van der Waals surface area contributed by atoms with Crippen molar-refractivity contribution in [3.63, 3.8) is 0 Å². The van der Waals surface area contributed by atoms with Crippen molar-refractivity contribution < 1.29 is 19.5 Å². The van der Waals surface area contributed by atoms with E-state index in [0.717, 1.165) is 42.1 Å². The zero-order valence-electron chi connectivity index (χ0n) is 23.2. The number of unbranched alkanes of at least 4 members (excludes halogenated alkanes) is 3. The fraction of sp³-hybridized carbons (Fsp3) is 0.469. The number of hydrogen-bond acceptors (Lipinski definition) is 5. The van der Waals surface area contributed by atoms with E-state index in [2.05, 4.69) is 25.1 Å². The molecule has 5 atom stereocenters. The predicted molar refractivity (Wildman–Crippen MR) is 159 cm³/mol. The molecule has 2 aromatic rings. The highest BCUT2D eigenvalue weighted by molar-refractivity contribution is 8.02. The molecule has 8 heteroatoms. The summed E-state index contributed by atoms with van der Waals surface area (Å²) in [4.78, 5) is 48.1. The molecule has 2 fully saturated rings. The van der Waals surface area contributed by atoms with Crippen LogP contribution >= 0.6 is 11.8 Å². The van der Waals surface area contributed by atoms with E-state index >= 15 is 0 Å². The molecule has 0 saturated carbocycles. The quantitative estimate of drug-likeness (QED) is 0.410. The zero-order valence-corrected chi connectivity index (χ0v) is 24.0. The van der Waals surface area contributed by atoms with Crippen molar-refractivity contribution >= 4 is 45.9 Å². The Kier molecular flexibility index (Phi) is 7.03. The van der Waals surface area contributed by atoms with Gasteiger partial charge in [0.05, 0.1) is 16.6 Å². The van der Waals surface area contributed by atoms with Crippen molar-refractivity contribution in [2.24, 2.45) is 11.8 Å². The SMILES string of the molecule is CN1CC=C[C@@]2(C)S[C@]34C=CCN(c5ccc6ccccc6c5)C(=O)C3N(CCCCCCO)C(=O)[C@@H]4[C@H]2C1=O. The number of rotatable bonds is 7. The number of hydrogen-bond donors (Lipinski definition) is 1. The molecule has 6 rings (SSSR count). The van der Waals surface area contributed by atoms with Gasteiger partial charge in [0.15, 0.2) is 0 Å². The van der Waals surface area contributed by atoms with Crippen LogP contribution in [-0.2, 0) is 14.4 Å². The minimum absolute atomic E-state index is 0.0322. The summed E-state index contributed by atoms with van der Waals surface area (Å²) in [5.74, 6) is -1.37. The van der Waals surface area contributed by atoms with Crippen LogP contribution in [0.5, 0.6) is 0 Å². The third-order valence-electron chi connectivity index (χ3n) is 9.11. The number of carbonyl (C=O) groups is 3. The molecule has 3 amide bonds. The number of likely N-dealkylation sites (tertiary alicyclic amines) is 1. The minimum Gasteiger partial charge on any atom is -0.396 e. The molecule has 0 aliphatic carbocycles. The van der Waals surface area contributed by atoms with Crippen LogP contribution in [0.4, 0.5) is 5.69 Å². The van der Waals surface area contributed by atoms with Gasteiger partial charge in [-0.3, -0.25) is 14.4 Å². The van der Waals surface area contributed by atoms with Gasteiger partial charge in [0.2, 0.25) is 11.8 Å². The van der Waals surface area contributed by atoms with E-state index in [1.165, 1.54) is 0 Å². The van der Waals surface area contributed by atoms with Crippen LogP contribution in [0.1, 0.15) is 32.6 Å². The third-order valence-corrected chi connectivity index (χ3v) is 10.9. The Morgan fingerprint density at radius 3 is 2.42 bits per heavy atom. The molecule has 0 bridgehead atoms. The Labute approximate surface area is 239 Å². The first-order valence-electron chi connectivity index (χ1n) is 14.3. The number of aliphatic hydroxyl groups excluding tert-OH is 1. The maximum atomic E-state index is 14.6. The molecule has 7 nitrogen and oxygen atoms in total. The van der Waals surface area contributed by atoms with E-state index < -0.39 is 27.4 Å². The number of thioether (sulfide) groups is 1. The standard InChI is InChI=1S/C32H37N3O4S/c1-31-15-9-17-33(2)28(37)25(31)26-29(38)35(18-7-3-4-8-20-36)27-30(39)34(19-10-16-32(26,27)40-31)24-14-13-22-11-5-6-12-23(22)21-24/h5-6,9-16,21,25-27,36H,3-4,7-8,17-20H2,1-2H3/t25-,26-,27?,31+,32-/m0/s1. The summed E-state index contributed by atoms with van der Waals surface area (Å²) in [5, 5.41) is 11.4. The Balaban J connectivity index is 1.42. The van der Waals surface area contributed by atoms with Crippen LogP contribution < -0.4 is 4.90 Å². The summed E-state index contributed by atoms with van der Waals surface area (Å²) in [6.45, 7) is 3.59. The van der Waals surface area contributed by atoms with Gasteiger partial charge in [-0.15, -0.1) is 11.8 Å². The summed E-state index contributed by atoms with van der Waals surface area (Å²) in [7, 11) is 1.79. The average molecular weight is 560 g/mol. The van der Waals surface area contributed by atoms with Crippen LogP contribution in [0.25, 0.3) is 10.8 Å². The van der Waals surface area contributed by atoms with Crippen molar-refractivity contribution in [1.82, 2.24) is 9.80 Å². The number of nitrogens with zero attached hydrogens (tertiary/aromatic N) is 3. The van der Waals surface area contributed by atoms with Gasteiger partial charge < -0.3 is 19.8 Å². The summed E-state index contributed by atoms with van der Waals surface area (Å²) < 4.78 is -1.42. The normalized spacial score (nSPS) is 31.4. The Morgan fingerprint density at radius 2 is 1.62 bits per heavy atom. The van der Waals surface area contributed by atoms with Gasteiger partial charge in [0.1, 0.15) is 6.04 Å². The second kappa shape index (κ2) is 10.4. The maximum absolute atomic E-state index is 14.6. The Bertz CT molecular complexity index is 1410. The molecule has 0 radical (unpaired) electrons. The maximum Gasteiger partial charge on any atom is 0.251 e. The van der Waals surface area contributed by atoms with Crippen LogP contribution in [0.3, 0.4) is 0 Å². The van der Waals surface area contributed by atoms with E-state index in [1.807, 2.05) is 48.6 Å². The van der Waals surface area contributed by atoms with E-state index in [9.17, 15) is 19.5 Å². The first-order chi connectivity index (χ1) is 19.3. The molecule has 4 aliphatic rings. The molecule has 40 heavy (non-hydrogen) atoms. The van der Waals surface area contributed by atoms with Crippen LogP contribution in [0, 0.1) is 11.8 Å². The van der Waals surface area contributed by atoms with Gasteiger partial charge in [0, 0.05) is 43.7 Å². The fourth-order valence-corrected chi connectivity index (χ4v) is 9.36. The second-order valence-corrected chi connectivity index (χ2v) is 13.5. The lowest BCUT2D eigenvalue weighted by Crippen LogP contribution is -2.53. The largest absolute Gasteiger partial charge is 0.396 e. The monoisotopic (exact) mass is 559 g/mol. The topological polar surface area (TPSA) is 81.2 Å². The molecule has 0 aromatic heterocycles. The highest BCUT2D eigenvalue weighted by Crippen LogP contribution is 2.65. The Morgan fingerprint density at radius 1 is 0.875 bits per heavy atom. The number of benzene rings is 2. The molecule has 4 heterocycles. The molecule has 1 unspecified atom stereocenters. The van der Waals surface area contributed by atoms with Gasteiger partial charge in [-0.25, -0.2) is 0 Å². The third kappa shape index (κ3) is 4.18. The lowest BCUT2D eigenvalue weighted by atomic mass is 9.74. The van der Waals surface area contributed by atoms with Gasteiger partial charge >= 0.3 is 0 Å². The van der Waals surface area contributed by atoms with Crippen LogP contribution in [0.15, 0.2) is 66.8 Å². The molecule has 2 aromatic carbocycles. The van der Waals surface area contributed by atoms with Crippen molar-refractivity contribution in [3.05, 3.63) is 66.8 Å². The smallest absolute Gasteiger partial charge is 0.251 e. The van der Waals surface area contributed by atoms with Crippen molar-refractivity contribution in [3.8, 4) is 0 Å². The predicted octanol–water partition coefficient (Wildman–Crippen LogP) is 4.01. The number of anilines is 1. The summed E-state index contributed by atoms with van der Waals surface area (Å²) in [6.07, 6.45) is 11.4. The van der Waals surface area contributed by atoms with E-state index in [4.69, 9.17) is 0 Å². The minimum atomic E-state index is -0.831. The summed E-state index contributed by atoms with van der Waals surface area (Å²) >= 11 is 1.63. The van der Waals surface area contributed by atoms with Gasteiger partial charge in [0.25, 0.3) is 5.91 Å². The van der Waals surface area contributed by atoms with E-state index in [-0.39, 0.29) is 24.3 Å². The fourth-order valence-electron chi connectivity index (χ4n) is 7.21. The van der Waals surface area contributed by atoms with Gasteiger partial charge in [-0.05, 0) is 42.7 Å². The number of likely N-dealkylation sites (N-methyl/N-ethyl adjacent to an activating group) is 1. The van der Waals surface area contributed by atoms with Crippen molar-refractivity contribution in [2.75, 3.05) is 38.2 Å². The van der Waals surface area contributed by atoms with Crippen LogP contribution in [0.2, 0.25) is 0 Å². The van der Waals surface area contributed by atoms with E-state index in [1.54, 1.807) is 33.5 Å². The lowest BCUT2D eigenvalue weighted by molar-refractivity contribution is -0.143. The molecule has 210 valence electrons.